The predicted molar refractivity (Wildman–Crippen MR) is 205 cm³/mol. The Balaban J connectivity index is 1.27. The zero-order valence-electron chi connectivity index (χ0n) is 33.4. The van der Waals surface area contributed by atoms with Crippen LogP contribution in [0.3, 0.4) is 0 Å². The summed E-state index contributed by atoms with van der Waals surface area (Å²) in [5.74, 6) is -3.29. The zero-order chi connectivity index (χ0) is 42.7. The summed E-state index contributed by atoms with van der Waals surface area (Å²) in [7, 11) is 4.57. The Hall–Kier alpha value is -4.95. The van der Waals surface area contributed by atoms with Crippen molar-refractivity contribution in [2.45, 2.75) is 81.0 Å². The lowest BCUT2D eigenvalue weighted by molar-refractivity contribution is -0.189. The molecular formula is C41H42F3N3O12S. The monoisotopic (exact) mass is 857 g/mol. The van der Waals surface area contributed by atoms with Crippen molar-refractivity contribution in [3.8, 4) is 40.2 Å². The minimum Gasteiger partial charge on any atom is -0.504 e. The number of carbonyl (C=O) groups is 3. The molecule has 1 unspecified atom stereocenters. The minimum atomic E-state index is -5.27. The molecular weight excluding hydrogens is 816 g/mol. The number of hydrogen-bond donors (Lipinski definition) is 3. The maximum atomic E-state index is 14.8. The van der Waals surface area contributed by atoms with Crippen LogP contribution in [0.5, 0.6) is 40.2 Å². The van der Waals surface area contributed by atoms with Gasteiger partial charge in [-0.1, -0.05) is 6.07 Å². The van der Waals surface area contributed by atoms with E-state index in [4.69, 9.17) is 33.2 Å². The molecule has 7 aliphatic heterocycles. The fourth-order valence-corrected chi connectivity index (χ4v) is 11.9. The number of benzene rings is 3. The van der Waals surface area contributed by atoms with Gasteiger partial charge in [-0.15, -0.1) is 11.8 Å². The molecule has 3 aromatic rings. The van der Waals surface area contributed by atoms with Crippen molar-refractivity contribution >= 4 is 29.7 Å². The van der Waals surface area contributed by atoms with Gasteiger partial charge in [0.15, 0.2) is 40.0 Å². The molecule has 4 bridgehead atoms. The van der Waals surface area contributed by atoms with Crippen LogP contribution in [0.2, 0.25) is 0 Å². The van der Waals surface area contributed by atoms with E-state index in [1.807, 2.05) is 29.8 Å². The van der Waals surface area contributed by atoms with Crippen molar-refractivity contribution in [3.63, 3.8) is 0 Å². The maximum absolute atomic E-state index is 14.8. The van der Waals surface area contributed by atoms with Crippen molar-refractivity contribution in [2.24, 2.45) is 0 Å². The van der Waals surface area contributed by atoms with Crippen molar-refractivity contribution in [2.75, 3.05) is 47.0 Å². The van der Waals surface area contributed by atoms with Crippen molar-refractivity contribution in [1.82, 2.24) is 15.1 Å². The lowest BCUT2D eigenvalue weighted by Crippen LogP contribution is -2.70. The summed E-state index contributed by atoms with van der Waals surface area (Å²) >= 11 is 1.31. The van der Waals surface area contributed by atoms with Crippen LogP contribution in [0.4, 0.5) is 13.2 Å². The van der Waals surface area contributed by atoms with Crippen LogP contribution >= 0.6 is 11.8 Å². The number of aromatic hydroxyl groups is 1. The van der Waals surface area contributed by atoms with Crippen molar-refractivity contribution in [3.05, 3.63) is 62.7 Å². The first-order chi connectivity index (χ1) is 28.5. The first-order valence-corrected chi connectivity index (χ1v) is 20.3. The molecule has 7 heterocycles. The lowest BCUT2D eigenvalue weighted by Gasteiger charge is -2.62. The molecule has 7 atom stereocenters. The number of hydrogen-bond acceptors (Lipinski definition) is 16. The van der Waals surface area contributed by atoms with Crippen LogP contribution in [-0.2, 0) is 37.5 Å². The summed E-state index contributed by atoms with van der Waals surface area (Å²) in [6.07, 6.45) is -5.80. The molecule has 0 radical (unpaired) electrons. The number of carbonyl (C=O) groups excluding carboxylic acids is 3. The van der Waals surface area contributed by atoms with Gasteiger partial charge in [-0.2, -0.15) is 13.2 Å². The van der Waals surface area contributed by atoms with Crippen molar-refractivity contribution < 1.29 is 70.9 Å². The Morgan fingerprint density at radius 2 is 1.73 bits per heavy atom. The molecule has 7 aliphatic rings. The van der Waals surface area contributed by atoms with Gasteiger partial charge in [0, 0.05) is 47.5 Å². The highest BCUT2D eigenvalue weighted by molar-refractivity contribution is 7.99. The normalized spacial score (nSPS) is 27.9. The summed E-state index contributed by atoms with van der Waals surface area (Å²) in [6.45, 7) is 4.59. The van der Waals surface area contributed by atoms with Crippen LogP contribution in [0.25, 0.3) is 0 Å². The number of nitrogens with zero attached hydrogens (tertiary/aromatic N) is 2. The number of thioether (sulfide) groups is 1. The number of likely N-dealkylation sites (N-methyl/N-ethyl adjacent to an activating group) is 1. The largest absolute Gasteiger partial charge is 0.504 e. The van der Waals surface area contributed by atoms with E-state index >= 15 is 0 Å². The molecule has 15 nitrogen and oxygen atoms in total. The molecule has 19 heteroatoms. The number of fused-ring (bicyclic) bond motifs is 9. The van der Waals surface area contributed by atoms with Gasteiger partial charge in [0.05, 0.1) is 37.6 Å². The molecule has 3 N–H and O–H groups in total. The third-order valence-corrected chi connectivity index (χ3v) is 14.2. The van der Waals surface area contributed by atoms with Crippen LogP contribution in [0, 0.1) is 13.8 Å². The van der Waals surface area contributed by atoms with Gasteiger partial charge < -0.3 is 43.4 Å². The number of nitrogens with one attached hydrogen (secondary N) is 1. The maximum Gasteiger partial charge on any atom is 0.491 e. The lowest BCUT2D eigenvalue weighted by atomic mass is 9.73. The van der Waals surface area contributed by atoms with Crippen molar-refractivity contribution in [1.29, 1.82) is 0 Å². The topological polar surface area (TPSA) is 175 Å². The minimum absolute atomic E-state index is 0.0423. The highest BCUT2D eigenvalue weighted by atomic mass is 32.2. The van der Waals surface area contributed by atoms with E-state index in [-0.39, 0.29) is 49.4 Å². The highest BCUT2D eigenvalue weighted by Crippen LogP contribution is 2.64. The van der Waals surface area contributed by atoms with Gasteiger partial charge in [0.2, 0.25) is 6.79 Å². The molecule has 0 amide bonds. The molecule has 3 aromatic carbocycles. The summed E-state index contributed by atoms with van der Waals surface area (Å²) in [6, 6.07) is 1.91. The third kappa shape index (κ3) is 5.83. The quantitative estimate of drug-likeness (QED) is 0.252. The second-order valence-electron chi connectivity index (χ2n) is 15.8. The Morgan fingerprint density at radius 3 is 2.43 bits per heavy atom. The molecule has 2 fully saturated rings. The first kappa shape index (κ1) is 40.5. The van der Waals surface area contributed by atoms with Gasteiger partial charge in [0.25, 0.3) is 0 Å². The number of rotatable bonds is 4. The Morgan fingerprint density at radius 1 is 0.983 bits per heavy atom. The molecule has 60 heavy (non-hydrogen) atoms. The van der Waals surface area contributed by atoms with E-state index in [1.54, 1.807) is 6.92 Å². The fraction of sp³-hybridized carbons (Fsp3) is 0.488. The smallest absolute Gasteiger partial charge is 0.491 e. The number of phenolic OH excluding ortho intramolecular Hbond substituents is 1. The van der Waals surface area contributed by atoms with E-state index in [9.17, 15) is 37.8 Å². The van der Waals surface area contributed by atoms with Gasteiger partial charge in [-0.05, 0) is 68.1 Å². The van der Waals surface area contributed by atoms with E-state index in [0.29, 0.717) is 57.1 Å². The van der Waals surface area contributed by atoms with Crippen LogP contribution in [0.1, 0.15) is 68.8 Å². The summed E-state index contributed by atoms with van der Waals surface area (Å²) in [5.41, 5.74) is 2.86. The number of ether oxygens (including phenoxy) is 7. The number of piperazine rings is 1. The molecule has 2 saturated heterocycles. The van der Waals surface area contributed by atoms with E-state index < -0.39 is 71.0 Å². The molecule has 1 spiro atoms. The molecule has 0 saturated carbocycles. The summed E-state index contributed by atoms with van der Waals surface area (Å²) in [4.78, 5) is 43.7. The average molecular weight is 858 g/mol. The van der Waals surface area contributed by atoms with Gasteiger partial charge >= 0.3 is 24.1 Å². The number of phenols is 1. The second kappa shape index (κ2) is 14.3. The predicted octanol–water partition coefficient (Wildman–Crippen LogP) is 4.18. The van der Waals surface area contributed by atoms with Crippen LogP contribution in [0.15, 0.2) is 18.2 Å². The molecule has 0 aromatic heterocycles. The Bertz CT molecular complexity index is 2360. The van der Waals surface area contributed by atoms with Crippen LogP contribution < -0.4 is 33.7 Å². The van der Waals surface area contributed by atoms with E-state index in [1.165, 1.54) is 45.0 Å². The SMILES string of the molecule is COc1cc2c(cc1OC(=O)C(F)(F)F)CCN[C@]21CS[C@@H]2c3c(OC(C)=O)c(C)c4c(c3[C@@H](COC1=O)N1C2[C@H]2c3c(cc(C)c(OC)c3O)C[C@@H]([C@@H]1O)N2C)OCO4. The summed E-state index contributed by atoms with van der Waals surface area (Å²) in [5, 5.41) is 27.2. The average Bonchev–Trinajstić information content (AvgIpc) is 3.69. The number of aliphatic hydroxyl groups excluding tert-OH is 1. The van der Waals surface area contributed by atoms with E-state index in [0.717, 1.165) is 11.1 Å². The summed E-state index contributed by atoms with van der Waals surface area (Å²) < 4.78 is 80.3. The number of aryl methyl sites for hydroxylation is 1. The highest BCUT2D eigenvalue weighted by Gasteiger charge is 2.61. The Labute approximate surface area is 345 Å². The van der Waals surface area contributed by atoms with Gasteiger partial charge in [-0.25, -0.2) is 9.59 Å². The van der Waals surface area contributed by atoms with E-state index in [2.05, 4.69) is 5.32 Å². The first-order valence-electron chi connectivity index (χ1n) is 19.3. The molecule has 320 valence electrons. The molecule has 10 rings (SSSR count). The number of halogens is 3. The van der Waals surface area contributed by atoms with Gasteiger partial charge in [0.1, 0.15) is 18.6 Å². The van der Waals surface area contributed by atoms with Gasteiger partial charge in [-0.3, -0.25) is 19.9 Å². The zero-order valence-corrected chi connectivity index (χ0v) is 34.2. The number of aliphatic hydroxyl groups is 1. The second-order valence-corrected chi connectivity index (χ2v) is 16.9. The third-order valence-electron chi connectivity index (χ3n) is 12.7. The molecule has 0 aliphatic carbocycles. The number of alkyl halides is 3. The number of methoxy groups -OCH3 is 2. The number of esters is 3. The Kier molecular flexibility index (Phi) is 9.66. The standard InChI is InChI=1S/C41H42F3N3O12S/c1-16-9-20-10-22-37(50)47-23-13-55-38(51)40(21-12-24(53-5)25(11-19(21)7-8-45-40)59-39(52)41(42,43)44)14-60-36(30(47)29(46(22)4)26(20)31(49)32(16)54-6)28-27(23)35-34(56-15-57-35)17(2)33(28)58-18(3)48/h9,11-12,22-23,29-30,36-37,45,49-50H,7-8,10,13-15H2,1-6H3/t22-,23+,29+,30?,36+,37-,40+/m0/s1. The fourth-order valence-electron chi connectivity index (χ4n) is 10.2. The van der Waals surface area contributed by atoms with Crippen LogP contribution in [-0.4, -0.2) is 109 Å².